The Morgan fingerprint density at radius 3 is 2.57 bits per heavy atom. The molecule has 0 fully saturated rings. The summed E-state index contributed by atoms with van der Waals surface area (Å²) in [6, 6.07) is 8.98. The lowest BCUT2D eigenvalue weighted by Crippen LogP contribution is -2.05. The van der Waals surface area contributed by atoms with E-state index < -0.39 is 0 Å². The number of nitrogens with one attached hydrogen (secondary N) is 2. The van der Waals surface area contributed by atoms with Crippen molar-refractivity contribution < 1.29 is 0 Å². The predicted octanol–water partition coefficient (Wildman–Crippen LogP) is 3.74. The summed E-state index contributed by atoms with van der Waals surface area (Å²) >= 11 is 6.16. The minimum atomic E-state index is 0.482. The fourth-order valence-corrected chi connectivity index (χ4v) is 2.04. The molecule has 21 heavy (non-hydrogen) atoms. The number of nitrogens with zero attached hydrogens (tertiary/aromatic N) is 3. The van der Waals surface area contributed by atoms with E-state index in [4.69, 9.17) is 16.9 Å². The van der Waals surface area contributed by atoms with Crippen molar-refractivity contribution in [2.45, 2.75) is 20.3 Å². The lowest BCUT2D eigenvalue weighted by Gasteiger charge is -2.11. The molecule has 0 aliphatic rings. The molecule has 2 aromatic rings. The average molecular weight is 302 g/mol. The normalized spacial score (nSPS) is 10.0. The first-order valence-corrected chi connectivity index (χ1v) is 7.12. The molecule has 0 saturated heterocycles. The Labute approximate surface area is 129 Å². The summed E-state index contributed by atoms with van der Waals surface area (Å²) in [6.45, 7) is 4.80. The molecule has 0 radical (unpaired) electrons. The van der Waals surface area contributed by atoms with Crippen LogP contribution in [0.5, 0.6) is 0 Å². The number of rotatable bonds is 5. The molecule has 0 unspecified atom stereocenters. The van der Waals surface area contributed by atoms with Gasteiger partial charge < -0.3 is 10.6 Å². The zero-order valence-electron chi connectivity index (χ0n) is 11.9. The summed E-state index contributed by atoms with van der Waals surface area (Å²) in [7, 11) is 0. The number of nitriles is 1. The summed E-state index contributed by atoms with van der Waals surface area (Å²) in [4.78, 5) is 8.82. The highest BCUT2D eigenvalue weighted by molar-refractivity contribution is 6.33. The highest BCUT2D eigenvalue weighted by Crippen LogP contribution is 2.26. The van der Waals surface area contributed by atoms with E-state index >= 15 is 0 Å². The molecule has 6 heteroatoms. The number of hydrogen-bond donors (Lipinski definition) is 2. The number of halogens is 1. The Hall–Kier alpha value is -2.32. The van der Waals surface area contributed by atoms with Crippen molar-refractivity contribution >= 4 is 28.9 Å². The first-order valence-electron chi connectivity index (χ1n) is 6.74. The maximum atomic E-state index is 8.85. The van der Waals surface area contributed by atoms with Crippen LogP contribution in [0.2, 0.25) is 5.02 Å². The van der Waals surface area contributed by atoms with E-state index in [0.717, 1.165) is 24.6 Å². The summed E-state index contributed by atoms with van der Waals surface area (Å²) in [5, 5.41) is 15.7. The van der Waals surface area contributed by atoms with Crippen molar-refractivity contribution in [2.24, 2.45) is 0 Å². The van der Waals surface area contributed by atoms with E-state index in [1.54, 1.807) is 18.2 Å². The molecule has 108 valence electrons. The van der Waals surface area contributed by atoms with Crippen LogP contribution in [0.4, 0.5) is 17.3 Å². The third-order valence-corrected chi connectivity index (χ3v) is 3.12. The number of aryl methyl sites for hydroxylation is 1. The summed E-state index contributed by atoms with van der Waals surface area (Å²) < 4.78 is 0. The summed E-state index contributed by atoms with van der Waals surface area (Å²) in [5.74, 6) is 2.20. The first-order chi connectivity index (χ1) is 10.2. The van der Waals surface area contributed by atoms with Gasteiger partial charge >= 0.3 is 0 Å². The highest BCUT2D eigenvalue weighted by atomic mass is 35.5. The van der Waals surface area contributed by atoms with Crippen LogP contribution in [-0.4, -0.2) is 16.5 Å². The lowest BCUT2D eigenvalue weighted by molar-refractivity contribution is 0.939. The van der Waals surface area contributed by atoms with Gasteiger partial charge in [0.2, 0.25) is 0 Å². The zero-order chi connectivity index (χ0) is 15.2. The second-order valence-corrected chi connectivity index (χ2v) is 4.78. The van der Waals surface area contributed by atoms with Crippen LogP contribution in [0, 0.1) is 11.3 Å². The Bertz CT molecular complexity index is 678. The molecule has 2 N–H and O–H groups in total. The summed E-state index contributed by atoms with van der Waals surface area (Å²) in [5.41, 5.74) is 1.23. The van der Waals surface area contributed by atoms with Gasteiger partial charge in [-0.05, 0) is 25.1 Å². The molecule has 0 saturated carbocycles. The van der Waals surface area contributed by atoms with E-state index in [0.29, 0.717) is 22.1 Å². The van der Waals surface area contributed by atoms with E-state index in [2.05, 4.69) is 26.7 Å². The van der Waals surface area contributed by atoms with Gasteiger partial charge in [0.15, 0.2) is 0 Å². The van der Waals surface area contributed by atoms with Gasteiger partial charge in [-0.3, -0.25) is 0 Å². The largest absolute Gasteiger partial charge is 0.370 e. The number of benzene rings is 1. The predicted molar refractivity (Wildman–Crippen MR) is 85.0 cm³/mol. The Morgan fingerprint density at radius 1 is 1.19 bits per heavy atom. The number of aromatic nitrogens is 2. The fourth-order valence-electron chi connectivity index (χ4n) is 1.81. The maximum Gasteiger partial charge on any atom is 0.136 e. The standard InChI is InChI=1S/C15H16ClN5/c1-3-13-20-14(18-4-2)8-15(21-13)19-12-6-5-10(9-17)7-11(12)16/h5-8H,3-4H2,1-2H3,(H2,18,19,20,21). The van der Waals surface area contributed by atoms with E-state index in [9.17, 15) is 0 Å². The van der Waals surface area contributed by atoms with Gasteiger partial charge in [-0.25, -0.2) is 9.97 Å². The highest BCUT2D eigenvalue weighted by Gasteiger charge is 2.06. The summed E-state index contributed by atoms with van der Waals surface area (Å²) in [6.07, 6.45) is 0.745. The van der Waals surface area contributed by atoms with Crippen molar-refractivity contribution in [3.63, 3.8) is 0 Å². The molecule has 0 bridgehead atoms. The molecule has 0 atom stereocenters. The van der Waals surface area contributed by atoms with Crippen molar-refractivity contribution in [3.05, 3.63) is 40.7 Å². The van der Waals surface area contributed by atoms with E-state index in [-0.39, 0.29) is 0 Å². The van der Waals surface area contributed by atoms with Gasteiger partial charge in [0, 0.05) is 19.0 Å². The second kappa shape index (κ2) is 6.91. The van der Waals surface area contributed by atoms with Crippen LogP contribution < -0.4 is 10.6 Å². The molecular formula is C15H16ClN5. The maximum absolute atomic E-state index is 8.85. The Kier molecular flexibility index (Phi) is 4.96. The van der Waals surface area contributed by atoms with Crippen LogP contribution >= 0.6 is 11.6 Å². The van der Waals surface area contributed by atoms with Gasteiger partial charge in [0.1, 0.15) is 17.5 Å². The van der Waals surface area contributed by atoms with E-state index in [1.165, 1.54) is 0 Å². The van der Waals surface area contributed by atoms with Crippen LogP contribution in [0.3, 0.4) is 0 Å². The van der Waals surface area contributed by atoms with Crippen molar-refractivity contribution in [1.29, 1.82) is 5.26 Å². The van der Waals surface area contributed by atoms with Crippen molar-refractivity contribution in [3.8, 4) is 6.07 Å². The van der Waals surface area contributed by atoms with Crippen molar-refractivity contribution in [1.82, 2.24) is 9.97 Å². The van der Waals surface area contributed by atoms with Crippen LogP contribution in [-0.2, 0) is 6.42 Å². The third-order valence-electron chi connectivity index (χ3n) is 2.81. The van der Waals surface area contributed by atoms with Gasteiger partial charge in [-0.1, -0.05) is 18.5 Å². The SMILES string of the molecule is CCNc1cc(Nc2ccc(C#N)cc2Cl)nc(CC)n1. The van der Waals surface area contributed by atoms with Gasteiger partial charge in [0.25, 0.3) is 0 Å². The molecule has 1 aromatic heterocycles. The van der Waals surface area contributed by atoms with Gasteiger partial charge in [0.05, 0.1) is 22.3 Å². The molecule has 1 heterocycles. The minimum absolute atomic E-state index is 0.482. The topological polar surface area (TPSA) is 73.6 Å². The van der Waals surface area contributed by atoms with Crippen molar-refractivity contribution in [2.75, 3.05) is 17.2 Å². The van der Waals surface area contributed by atoms with Gasteiger partial charge in [-0.15, -0.1) is 0 Å². The van der Waals surface area contributed by atoms with Crippen LogP contribution in [0.1, 0.15) is 25.2 Å². The third kappa shape index (κ3) is 3.83. The number of hydrogen-bond acceptors (Lipinski definition) is 5. The lowest BCUT2D eigenvalue weighted by atomic mass is 10.2. The first kappa shape index (κ1) is 15.1. The molecule has 5 nitrogen and oxygen atoms in total. The monoisotopic (exact) mass is 301 g/mol. The minimum Gasteiger partial charge on any atom is -0.370 e. The number of anilines is 3. The molecule has 0 aliphatic heterocycles. The average Bonchev–Trinajstić information content (AvgIpc) is 2.49. The Morgan fingerprint density at radius 2 is 1.95 bits per heavy atom. The van der Waals surface area contributed by atoms with Crippen LogP contribution in [0.15, 0.2) is 24.3 Å². The van der Waals surface area contributed by atoms with Gasteiger partial charge in [-0.2, -0.15) is 5.26 Å². The smallest absolute Gasteiger partial charge is 0.136 e. The Balaban J connectivity index is 2.30. The zero-order valence-corrected chi connectivity index (χ0v) is 12.7. The van der Waals surface area contributed by atoms with E-state index in [1.807, 2.05) is 19.9 Å². The fraction of sp³-hybridized carbons (Fsp3) is 0.267. The molecule has 0 amide bonds. The second-order valence-electron chi connectivity index (χ2n) is 4.37. The molecular weight excluding hydrogens is 286 g/mol. The van der Waals surface area contributed by atoms with Crippen LogP contribution in [0.25, 0.3) is 0 Å². The quantitative estimate of drug-likeness (QED) is 0.880. The molecule has 0 aliphatic carbocycles. The molecule has 1 aromatic carbocycles. The molecule has 0 spiro atoms. The molecule has 2 rings (SSSR count).